The van der Waals surface area contributed by atoms with Gasteiger partial charge in [-0.25, -0.2) is 4.98 Å². The van der Waals surface area contributed by atoms with Gasteiger partial charge in [0.1, 0.15) is 0 Å². The zero-order valence-electron chi connectivity index (χ0n) is 13.6. The highest BCUT2D eigenvalue weighted by Gasteiger charge is 2.04. The highest BCUT2D eigenvalue weighted by atomic mass is 127. The van der Waals surface area contributed by atoms with Crippen LogP contribution in [0.15, 0.2) is 34.8 Å². The van der Waals surface area contributed by atoms with Crippen molar-refractivity contribution >= 4 is 46.4 Å². The van der Waals surface area contributed by atoms with Crippen LogP contribution in [0.3, 0.4) is 0 Å². The van der Waals surface area contributed by atoms with Crippen LogP contribution >= 0.6 is 35.3 Å². The summed E-state index contributed by atoms with van der Waals surface area (Å²) in [6.45, 7) is 1.45. The molecule has 8 heteroatoms. The van der Waals surface area contributed by atoms with Crippen LogP contribution < -0.4 is 15.5 Å². The summed E-state index contributed by atoms with van der Waals surface area (Å²) < 4.78 is 0. The van der Waals surface area contributed by atoms with Crippen molar-refractivity contribution in [3.05, 3.63) is 41.2 Å². The Morgan fingerprint density at radius 1 is 1.26 bits per heavy atom. The number of rotatable bonds is 6. The average Bonchev–Trinajstić information content (AvgIpc) is 3.01. The van der Waals surface area contributed by atoms with Crippen LogP contribution in [0.1, 0.15) is 11.4 Å². The normalized spacial score (nSPS) is 10.8. The first-order valence-corrected chi connectivity index (χ1v) is 8.03. The molecular formula is C15H23IN6S. The summed E-state index contributed by atoms with van der Waals surface area (Å²) in [7, 11) is 5.75. The lowest BCUT2D eigenvalue weighted by Crippen LogP contribution is -2.38. The van der Waals surface area contributed by atoms with Gasteiger partial charge in [-0.1, -0.05) is 6.07 Å². The van der Waals surface area contributed by atoms with Gasteiger partial charge in [0.05, 0.1) is 12.2 Å². The van der Waals surface area contributed by atoms with Gasteiger partial charge in [-0.2, -0.15) is 0 Å². The average molecular weight is 446 g/mol. The molecule has 0 amide bonds. The van der Waals surface area contributed by atoms with Gasteiger partial charge < -0.3 is 15.5 Å². The van der Waals surface area contributed by atoms with Gasteiger partial charge in [0.2, 0.25) is 0 Å². The summed E-state index contributed by atoms with van der Waals surface area (Å²) >= 11 is 1.64. The molecule has 2 heterocycles. The summed E-state index contributed by atoms with van der Waals surface area (Å²) in [6, 6.07) is 5.95. The maximum absolute atomic E-state index is 4.53. The number of anilines is 1. The van der Waals surface area contributed by atoms with E-state index in [-0.39, 0.29) is 24.0 Å². The molecule has 0 radical (unpaired) electrons. The van der Waals surface area contributed by atoms with E-state index in [0.717, 1.165) is 35.4 Å². The first-order valence-electron chi connectivity index (χ1n) is 7.15. The minimum atomic E-state index is 0. The van der Waals surface area contributed by atoms with Crippen LogP contribution in [0.2, 0.25) is 0 Å². The van der Waals surface area contributed by atoms with Crippen LogP contribution in [-0.2, 0) is 13.0 Å². The SMILES string of the molecule is CN=C(NCCc1ccccn1)NCc1csc(N(C)C)n1.I. The first-order chi connectivity index (χ1) is 10.7. The summed E-state index contributed by atoms with van der Waals surface area (Å²) in [5.41, 5.74) is 2.09. The van der Waals surface area contributed by atoms with Crippen molar-refractivity contribution in [3.8, 4) is 0 Å². The van der Waals surface area contributed by atoms with Crippen LogP contribution in [0, 0.1) is 0 Å². The number of aromatic nitrogens is 2. The van der Waals surface area contributed by atoms with Crippen molar-refractivity contribution in [3.63, 3.8) is 0 Å². The molecule has 0 saturated heterocycles. The van der Waals surface area contributed by atoms with Crippen molar-refractivity contribution in [2.45, 2.75) is 13.0 Å². The Kier molecular flexibility index (Phi) is 8.85. The van der Waals surface area contributed by atoms with E-state index < -0.39 is 0 Å². The van der Waals surface area contributed by atoms with Crippen LogP contribution in [0.5, 0.6) is 0 Å². The van der Waals surface area contributed by atoms with Gasteiger partial charge in [0.25, 0.3) is 0 Å². The molecule has 2 N–H and O–H groups in total. The Morgan fingerprint density at radius 3 is 2.70 bits per heavy atom. The van der Waals surface area contributed by atoms with E-state index in [1.807, 2.05) is 43.4 Å². The Balaban J connectivity index is 0.00000264. The Bertz CT molecular complexity index is 599. The molecule has 0 bridgehead atoms. The number of guanidine groups is 1. The lowest BCUT2D eigenvalue weighted by atomic mass is 10.3. The molecule has 2 rings (SSSR count). The van der Waals surface area contributed by atoms with Gasteiger partial charge >= 0.3 is 0 Å². The zero-order chi connectivity index (χ0) is 15.8. The molecule has 2 aromatic heterocycles. The molecule has 0 saturated carbocycles. The standard InChI is InChI=1S/C15H22N6S.HI/c1-16-14(18-9-7-12-6-4-5-8-17-12)19-10-13-11-22-15(20-13)21(2)3;/h4-6,8,11H,7,9-10H2,1-3H3,(H2,16,18,19);1H. The second-order valence-electron chi connectivity index (χ2n) is 4.94. The topological polar surface area (TPSA) is 65.4 Å². The molecule has 6 nitrogen and oxygen atoms in total. The quantitative estimate of drug-likeness (QED) is 0.405. The number of nitrogens with one attached hydrogen (secondary N) is 2. The molecule has 126 valence electrons. The fourth-order valence-electron chi connectivity index (χ4n) is 1.83. The summed E-state index contributed by atoms with van der Waals surface area (Å²) in [6.07, 6.45) is 2.68. The minimum Gasteiger partial charge on any atom is -0.356 e. The fourth-order valence-corrected chi connectivity index (χ4v) is 2.59. The molecule has 0 unspecified atom stereocenters. The largest absolute Gasteiger partial charge is 0.356 e. The van der Waals surface area contributed by atoms with E-state index in [1.54, 1.807) is 18.4 Å². The number of pyridine rings is 1. The summed E-state index contributed by atoms with van der Waals surface area (Å²) in [4.78, 5) is 15.1. The maximum atomic E-state index is 4.53. The van der Waals surface area contributed by atoms with Gasteiger partial charge in [-0.05, 0) is 12.1 Å². The Labute approximate surface area is 158 Å². The molecular weight excluding hydrogens is 423 g/mol. The molecule has 0 spiro atoms. The van der Waals surface area contributed by atoms with Crippen LogP contribution in [-0.4, -0.2) is 43.6 Å². The molecule has 0 fully saturated rings. The van der Waals surface area contributed by atoms with Crippen LogP contribution in [0.25, 0.3) is 0 Å². The molecule has 0 aliphatic carbocycles. The third kappa shape index (κ3) is 6.69. The van der Waals surface area contributed by atoms with Gasteiger partial charge in [-0.3, -0.25) is 9.98 Å². The number of nitrogens with zero attached hydrogens (tertiary/aromatic N) is 4. The third-order valence-corrected chi connectivity index (χ3v) is 4.04. The number of aliphatic imine (C=N–C) groups is 1. The van der Waals surface area contributed by atoms with Crippen molar-refractivity contribution in [2.75, 3.05) is 32.6 Å². The predicted octanol–water partition coefficient (Wildman–Crippen LogP) is 2.13. The lowest BCUT2D eigenvalue weighted by molar-refractivity contribution is 0.777. The highest BCUT2D eigenvalue weighted by molar-refractivity contribution is 14.0. The van der Waals surface area contributed by atoms with Crippen molar-refractivity contribution < 1.29 is 0 Å². The van der Waals surface area contributed by atoms with Gasteiger partial charge in [-0.15, -0.1) is 35.3 Å². The number of thiazole rings is 1. The van der Waals surface area contributed by atoms with Crippen molar-refractivity contribution in [1.82, 2.24) is 20.6 Å². The zero-order valence-corrected chi connectivity index (χ0v) is 16.8. The second-order valence-corrected chi connectivity index (χ2v) is 5.78. The molecule has 0 aromatic carbocycles. The van der Waals surface area contributed by atoms with Gasteiger partial charge in [0, 0.05) is 51.4 Å². The monoisotopic (exact) mass is 446 g/mol. The molecule has 23 heavy (non-hydrogen) atoms. The van der Waals surface area contributed by atoms with E-state index in [0.29, 0.717) is 6.54 Å². The van der Waals surface area contributed by atoms with E-state index in [2.05, 4.69) is 31.0 Å². The summed E-state index contributed by atoms with van der Waals surface area (Å²) in [5, 5.41) is 9.62. The Morgan fingerprint density at radius 2 is 2.09 bits per heavy atom. The highest BCUT2D eigenvalue weighted by Crippen LogP contribution is 2.17. The predicted molar refractivity (Wildman–Crippen MR) is 108 cm³/mol. The maximum Gasteiger partial charge on any atom is 0.191 e. The van der Waals surface area contributed by atoms with E-state index in [1.165, 1.54) is 0 Å². The lowest BCUT2D eigenvalue weighted by Gasteiger charge is -2.11. The second kappa shape index (κ2) is 10.4. The number of hydrogen-bond acceptors (Lipinski definition) is 5. The van der Waals surface area contributed by atoms with Crippen molar-refractivity contribution in [2.24, 2.45) is 4.99 Å². The number of halogens is 1. The van der Waals surface area contributed by atoms with E-state index >= 15 is 0 Å². The first kappa shape index (κ1) is 19.6. The molecule has 0 aliphatic rings. The third-order valence-electron chi connectivity index (χ3n) is 2.98. The van der Waals surface area contributed by atoms with Crippen molar-refractivity contribution in [1.29, 1.82) is 0 Å². The van der Waals surface area contributed by atoms with E-state index in [4.69, 9.17) is 0 Å². The van der Waals surface area contributed by atoms with E-state index in [9.17, 15) is 0 Å². The molecule has 2 aromatic rings. The fraction of sp³-hybridized carbons (Fsp3) is 0.400. The minimum absolute atomic E-state index is 0. The smallest absolute Gasteiger partial charge is 0.191 e. The Hall–Kier alpha value is -1.42. The number of hydrogen-bond donors (Lipinski definition) is 2. The summed E-state index contributed by atoms with van der Waals surface area (Å²) in [5.74, 6) is 0.773. The van der Waals surface area contributed by atoms with Gasteiger partial charge in [0.15, 0.2) is 11.1 Å². The molecule has 0 atom stereocenters. The molecule has 0 aliphatic heterocycles. The van der Waals surface area contributed by atoms with Crippen LogP contribution in [0.4, 0.5) is 5.13 Å².